The standard InChI is InChI=1S/C14H19F2N3O/c1-18-6-5-12-10(9-18)4-7-19(12)13-3-2-11(8-17-13)20-14(15)16/h2-3,8,10,12,14H,4-7,9H2,1H3/t10-,12?/m1/s1. The van der Waals surface area contributed by atoms with Crippen molar-refractivity contribution < 1.29 is 13.5 Å². The average molecular weight is 283 g/mol. The third-order valence-electron chi connectivity index (χ3n) is 4.28. The molecule has 6 heteroatoms. The summed E-state index contributed by atoms with van der Waals surface area (Å²) in [6.07, 6.45) is 3.69. The van der Waals surface area contributed by atoms with Crippen LogP contribution in [-0.2, 0) is 0 Å². The summed E-state index contributed by atoms with van der Waals surface area (Å²) in [6, 6.07) is 3.87. The van der Waals surface area contributed by atoms with Crippen LogP contribution in [0.4, 0.5) is 14.6 Å². The predicted molar refractivity (Wildman–Crippen MR) is 72.2 cm³/mol. The maximum Gasteiger partial charge on any atom is 0.387 e. The highest BCUT2D eigenvalue weighted by Crippen LogP contribution is 2.34. The van der Waals surface area contributed by atoms with Crippen molar-refractivity contribution in [1.29, 1.82) is 0 Å². The highest BCUT2D eigenvalue weighted by molar-refractivity contribution is 5.43. The van der Waals surface area contributed by atoms with Crippen molar-refractivity contribution in [2.24, 2.45) is 5.92 Å². The third kappa shape index (κ3) is 2.70. The number of aromatic nitrogens is 1. The molecule has 2 aliphatic heterocycles. The SMILES string of the molecule is CN1CCC2[C@H](CCN2c2ccc(OC(F)F)cn2)C1. The van der Waals surface area contributed by atoms with Crippen molar-refractivity contribution in [3.63, 3.8) is 0 Å². The van der Waals surface area contributed by atoms with E-state index in [9.17, 15) is 8.78 Å². The van der Waals surface area contributed by atoms with Crippen molar-refractivity contribution in [3.8, 4) is 5.75 Å². The molecule has 0 radical (unpaired) electrons. The van der Waals surface area contributed by atoms with E-state index in [0.29, 0.717) is 12.0 Å². The minimum atomic E-state index is -2.80. The highest BCUT2D eigenvalue weighted by Gasteiger charge is 2.37. The molecule has 1 aromatic heterocycles. The molecule has 2 fully saturated rings. The van der Waals surface area contributed by atoms with Gasteiger partial charge in [-0.3, -0.25) is 0 Å². The Bertz CT molecular complexity index is 454. The van der Waals surface area contributed by atoms with E-state index in [0.717, 1.165) is 31.9 Å². The molecule has 20 heavy (non-hydrogen) atoms. The lowest BCUT2D eigenvalue weighted by Gasteiger charge is -2.36. The summed E-state index contributed by atoms with van der Waals surface area (Å²) in [5, 5.41) is 0. The van der Waals surface area contributed by atoms with Crippen LogP contribution in [0.3, 0.4) is 0 Å². The van der Waals surface area contributed by atoms with E-state index in [1.54, 1.807) is 12.1 Å². The van der Waals surface area contributed by atoms with Crippen LogP contribution in [0.15, 0.2) is 18.3 Å². The molecular formula is C14H19F2N3O. The van der Waals surface area contributed by atoms with Crippen molar-refractivity contribution in [1.82, 2.24) is 9.88 Å². The van der Waals surface area contributed by atoms with Crippen molar-refractivity contribution in [2.75, 3.05) is 31.6 Å². The zero-order valence-corrected chi connectivity index (χ0v) is 11.5. The predicted octanol–water partition coefficient (Wildman–Crippen LogP) is 2.21. The molecule has 0 saturated carbocycles. The number of ether oxygens (including phenoxy) is 1. The van der Waals surface area contributed by atoms with E-state index in [1.807, 2.05) is 0 Å². The van der Waals surface area contributed by atoms with Crippen LogP contribution in [0, 0.1) is 5.92 Å². The van der Waals surface area contributed by atoms with E-state index in [2.05, 4.69) is 26.6 Å². The summed E-state index contributed by atoms with van der Waals surface area (Å²) in [6.45, 7) is 0.427. The number of anilines is 1. The summed E-state index contributed by atoms with van der Waals surface area (Å²) >= 11 is 0. The topological polar surface area (TPSA) is 28.6 Å². The summed E-state index contributed by atoms with van der Waals surface area (Å²) < 4.78 is 28.6. The van der Waals surface area contributed by atoms with Gasteiger partial charge in [-0.25, -0.2) is 4.98 Å². The molecule has 2 atom stereocenters. The fraction of sp³-hybridized carbons (Fsp3) is 0.643. The number of likely N-dealkylation sites (tertiary alicyclic amines) is 1. The number of fused-ring (bicyclic) bond motifs is 1. The number of hydrogen-bond donors (Lipinski definition) is 0. The maximum absolute atomic E-state index is 12.1. The van der Waals surface area contributed by atoms with Crippen molar-refractivity contribution in [3.05, 3.63) is 18.3 Å². The van der Waals surface area contributed by atoms with Crippen molar-refractivity contribution in [2.45, 2.75) is 25.5 Å². The number of hydrogen-bond acceptors (Lipinski definition) is 4. The van der Waals surface area contributed by atoms with Gasteiger partial charge in [-0.05, 0) is 44.5 Å². The molecule has 2 saturated heterocycles. The minimum absolute atomic E-state index is 0.114. The van der Waals surface area contributed by atoms with Crippen LogP contribution in [0.1, 0.15) is 12.8 Å². The van der Waals surface area contributed by atoms with Gasteiger partial charge in [-0.15, -0.1) is 0 Å². The Hall–Kier alpha value is -1.43. The molecule has 3 rings (SSSR count). The number of rotatable bonds is 3. The van der Waals surface area contributed by atoms with Gasteiger partial charge in [0.05, 0.1) is 6.20 Å². The van der Waals surface area contributed by atoms with Gasteiger partial charge in [-0.1, -0.05) is 0 Å². The zero-order valence-electron chi connectivity index (χ0n) is 11.5. The Morgan fingerprint density at radius 1 is 1.30 bits per heavy atom. The van der Waals surface area contributed by atoms with E-state index >= 15 is 0 Å². The van der Waals surface area contributed by atoms with Gasteiger partial charge in [0.15, 0.2) is 0 Å². The van der Waals surface area contributed by atoms with Gasteiger partial charge < -0.3 is 14.5 Å². The van der Waals surface area contributed by atoms with Gasteiger partial charge in [0.2, 0.25) is 0 Å². The smallest absolute Gasteiger partial charge is 0.387 e. The molecule has 0 aromatic carbocycles. The van der Waals surface area contributed by atoms with E-state index in [4.69, 9.17) is 0 Å². The third-order valence-corrected chi connectivity index (χ3v) is 4.28. The number of pyridine rings is 1. The molecule has 0 aliphatic carbocycles. The molecule has 0 N–H and O–H groups in total. The first kappa shape index (κ1) is 13.5. The van der Waals surface area contributed by atoms with Crippen LogP contribution in [-0.4, -0.2) is 49.2 Å². The lowest BCUT2D eigenvalue weighted by molar-refractivity contribution is -0.0500. The number of nitrogens with zero attached hydrogens (tertiary/aromatic N) is 3. The van der Waals surface area contributed by atoms with Crippen LogP contribution in [0.2, 0.25) is 0 Å². The van der Waals surface area contributed by atoms with Crippen LogP contribution < -0.4 is 9.64 Å². The van der Waals surface area contributed by atoms with Gasteiger partial charge in [0, 0.05) is 19.1 Å². The van der Waals surface area contributed by atoms with Crippen LogP contribution in [0.25, 0.3) is 0 Å². The lowest BCUT2D eigenvalue weighted by atomic mass is 9.93. The quantitative estimate of drug-likeness (QED) is 0.850. The van der Waals surface area contributed by atoms with E-state index in [1.165, 1.54) is 12.6 Å². The fourth-order valence-corrected chi connectivity index (χ4v) is 3.37. The lowest BCUT2D eigenvalue weighted by Crippen LogP contribution is -2.44. The van der Waals surface area contributed by atoms with Gasteiger partial charge in [0.1, 0.15) is 11.6 Å². The number of alkyl halides is 2. The Morgan fingerprint density at radius 3 is 2.85 bits per heavy atom. The van der Waals surface area contributed by atoms with E-state index < -0.39 is 6.61 Å². The Labute approximate surface area is 117 Å². The normalized spacial score (nSPS) is 26.9. The van der Waals surface area contributed by atoms with Crippen molar-refractivity contribution >= 4 is 5.82 Å². The molecular weight excluding hydrogens is 264 g/mol. The second kappa shape index (κ2) is 5.52. The molecule has 0 spiro atoms. The molecule has 0 bridgehead atoms. The van der Waals surface area contributed by atoms with Gasteiger partial charge in [0.25, 0.3) is 0 Å². The Morgan fingerprint density at radius 2 is 2.15 bits per heavy atom. The first-order chi connectivity index (χ1) is 9.63. The average Bonchev–Trinajstić information content (AvgIpc) is 2.82. The Kier molecular flexibility index (Phi) is 3.74. The summed E-state index contributed by atoms with van der Waals surface area (Å²) in [7, 11) is 2.16. The zero-order chi connectivity index (χ0) is 14.1. The molecule has 1 unspecified atom stereocenters. The second-order valence-corrected chi connectivity index (χ2v) is 5.59. The second-order valence-electron chi connectivity index (χ2n) is 5.59. The monoisotopic (exact) mass is 283 g/mol. The first-order valence-electron chi connectivity index (χ1n) is 6.99. The number of halogens is 2. The molecule has 1 aromatic rings. The largest absolute Gasteiger partial charge is 0.433 e. The van der Waals surface area contributed by atoms with Crippen LogP contribution >= 0.6 is 0 Å². The minimum Gasteiger partial charge on any atom is -0.433 e. The van der Waals surface area contributed by atoms with Gasteiger partial charge in [-0.2, -0.15) is 8.78 Å². The molecule has 4 nitrogen and oxygen atoms in total. The molecule has 0 amide bonds. The summed E-state index contributed by atoms with van der Waals surface area (Å²) in [5.74, 6) is 1.67. The molecule has 3 heterocycles. The fourth-order valence-electron chi connectivity index (χ4n) is 3.37. The van der Waals surface area contributed by atoms with Crippen LogP contribution in [0.5, 0.6) is 5.75 Å². The highest BCUT2D eigenvalue weighted by atomic mass is 19.3. The summed E-state index contributed by atoms with van der Waals surface area (Å²) in [4.78, 5) is 8.96. The number of piperidine rings is 1. The maximum atomic E-state index is 12.1. The molecule has 2 aliphatic rings. The van der Waals surface area contributed by atoms with E-state index in [-0.39, 0.29) is 5.75 Å². The first-order valence-corrected chi connectivity index (χ1v) is 6.99. The molecule has 110 valence electrons. The Balaban J connectivity index is 1.70. The van der Waals surface area contributed by atoms with Gasteiger partial charge >= 0.3 is 6.61 Å². The summed E-state index contributed by atoms with van der Waals surface area (Å²) in [5.41, 5.74) is 0.